The molecule has 6 heavy (non-hydrogen) atoms. The molecule has 0 amide bonds. The maximum atomic E-state index is 7.10. The highest BCUT2D eigenvalue weighted by molar-refractivity contribution is 4.49. The minimum Gasteiger partial charge on any atom is -0.379 e. The Morgan fingerprint density at radius 2 is 2.67 bits per heavy atom. The van der Waals surface area contributed by atoms with E-state index in [0.29, 0.717) is 0 Å². The topological polar surface area (TPSA) is 21.3 Å². The highest BCUT2D eigenvalue weighted by Crippen LogP contribution is 1.76. The molecule has 1 aliphatic heterocycles. The number of rotatable bonds is 0. The van der Waals surface area contributed by atoms with E-state index >= 15 is 0 Å². The molecule has 0 aromatic carbocycles. The molecular formula is C4H9NO. The first-order valence-corrected chi connectivity index (χ1v) is 1.60. The van der Waals surface area contributed by atoms with Crippen molar-refractivity contribution in [1.29, 1.82) is 0 Å². The van der Waals surface area contributed by atoms with Crippen LogP contribution in [0.4, 0.5) is 0 Å². The number of morpholine rings is 1. The summed E-state index contributed by atoms with van der Waals surface area (Å²) in [7, 11) is 0. The van der Waals surface area contributed by atoms with E-state index in [0.717, 1.165) is 0 Å². The van der Waals surface area contributed by atoms with E-state index in [-0.39, 0.29) is 0 Å². The largest absolute Gasteiger partial charge is 0.379 e. The summed E-state index contributed by atoms with van der Waals surface area (Å²) < 4.78 is 46.9. The van der Waals surface area contributed by atoms with Gasteiger partial charge in [-0.25, -0.2) is 0 Å². The number of nitrogens with one attached hydrogen (secondary N) is 1. The second-order valence-corrected chi connectivity index (χ2v) is 0.818. The maximum Gasteiger partial charge on any atom is 0.0591 e. The Bertz CT molecular complexity index is 192. The molecule has 36 valence electrons. The van der Waals surface area contributed by atoms with Crippen LogP contribution >= 0.6 is 0 Å². The summed E-state index contributed by atoms with van der Waals surface area (Å²) in [5.41, 5.74) is 0. The first-order valence-electron chi connectivity index (χ1n) is 4.60. The van der Waals surface area contributed by atoms with Crippen molar-refractivity contribution in [2.24, 2.45) is 0 Å². The van der Waals surface area contributed by atoms with E-state index in [1.54, 1.807) is 0 Å². The fraction of sp³-hybridized carbons (Fsp3) is 1.00. The smallest absolute Gasteiger partial charge is 0.0591 e. The van der Waals surface area contributed by atoms with Crippen LogP contribution in [-0.4, -0.2) is 26.2 Å². The third kappa shape index (κ3) is 0.954. The molecule has 1 rings (SSSR count). The van der Waals surface area contributed by atoms with Gasteiger partial charge in [0.05, 0.1) is 15.9 Å². The molecule has 1 fully saturated rings. The molecule has 0 atom stereocenters. The average Bonchev–Trinajstić information content (AvgIpc) is 1.79. The fourth-order valence-corrected chi connectivity index (χ4v) is 0.214. The van der Waals surface area contributed by atoms with Gasteiger partial charge in [0.15, 0.2) is 0 Å². The number of hydrogen-bond donors (Lipinski definition) is 1. The van der Waals surface area contributed by atoms with E-state index in [9.17, 15) is 0 Å². The standard InChI is InChI=1S/C4H9NO/c1-3-6-4-2-5-1/h5H,1-4H2/i1D2,2D2,3D2. The monoisotopic (exact) mass is 93.1 g/mol. The predicted molar refractivity (Wildman–Crippen MR) is 23.7 cm³/mol. The first kappa shape index (κ1) is 1.01. The Hall–Kier alpha value is -0.0800. The molecule has 0 spiro atoms. The maximum absolute atomic E-state index is 7.10. The second kappa shape index (κ2) is 2.16. The molecule has 0 saturated carbocycles. The summed E-state index contributed by atoms with van der Waals surface area (Å²) >= 11 is 0. The molecule has 1 heterocycles. The molecule has 1 N–H and O–H groups in total. The van der Waals surface area contributed by atoms with E-state index < -0.39 is 26.2 Å². The molecule has 0 aliphatic carbocycles. The van der Waals surface area contributed by atoms with Crippen LogP contribution in [0.3, 0.4) is 0 Å². The Morgan fingerprint density at radius 3 is 3.33 bits per heavy atom. The van der Waals surface area contributed by atoms with Crippen molar-refractivity contribution in [1.82, 2.24) is 5.32 Å². The lowest BCUT2D eigenvalue weighted by Crippen LogP contribution is -2.30. The third-order valence-electron chi connectivity index (χ3n) is 0.418. The van der Waals surface area contributed by atoms with Gasteiger partial charge in [-0.3, -0.25) is 0 Å². The minimum absolute atomic E-state index is 0.500. The summed E-state index contributed by atoms with van der Waals surface area (Å²) in [6, 6.07) is 0. The van der Waals surface area contributed by atoms with Crippen LogP contribution in [0.2, 0.25) is 0 Å². The van der Waals surface area contributed by atoms with Gasteiger partial charge < -0.3 is 10.1 Å². The normalized spacial score (nSPS) is 64.0. The lowest BCUT2D eigenvalue weighted by atomic mass is 10.5. The summed E-state index contributed by atoms with van der Waals surface area (Å²) in [5, 5.41) is 1.89. The Morgan fingerprint density at radius 1 is 1.67 bits per heavy atom. The molecule has 0 aromatic rings. The van der Waals surface area contributed by atoms with Gasteiger partial charge in [0.2, 0.25) is 0 Å². The van der Waals surface area contributed by atoms with Gasteiger partial charge in [-0.1, -0.05) is 0 Å². The third-order valence-corrected chi connectivity index (χ3v) is 0.418. The van der Waals surface area contributed by atoms with Crippen molar-refractivity contribution >= 4 is 0 Å². The Balaban J connectivity index is 2.82. The van der Waals surface area contributed by atoms with Crippen molar-refractivity contribution in [2.75, 3.05) is 26.2 Å². The van der Waals surface area contributed by atoms with Crippen LogP contribution in [0, 0.1) is 0 Å². The Kier molecular flexibility index (Phi) is 0.363. The Labute approximate surface area is 45.9 Å². The summed E-state index contributed by atoms with van der Waals surface area (Å²) in [5.74, 6) is 0. The molecule has 2 heteroatoms. The second-order valence-electron chi connectivity index (χ2n) is 0.818. The molecule has 0 aromatic heterocycles. The first-order chi connectivity index (χ1) is 5.16. The summed E-state index contributed by atoms with van der Waals surface area (Å²) in [6.45, 7) is -7.51. The number of hydrogen-bond acceptors (Lipinski definition) is 2. The van der Waals surface area contributed by atoms with E-state index in [1.807, 2.05) is 5.32 Å². The molecule has 1 aliphatic rings. The van der Waals surface area contributed by atoms with E-state index in [4.69, 9.17) is 8.22 Å². The molecule has 0 unspecified atom stereocenters. The van der Waals surface area contributed by atoms with E-state index in [2.05, 4.69) is 4.74 Å². The number of ether oxygens (including phenoxy) is 1. The van der Waals surface area contributed by atoms with Gasteiger partial charge in [-0.05, 0) is 0 Å². The molecule has 0 radical (unpaired) electrons. The zero-order valence-electron chi connectivity index (χ0n) is 9.12. The minimum atomic E-state index is -2.51. The zero-order valence-corrected chi connectivity index (χ0v) is 3.12. The summed E-state index contributed by atoms with van der Waals surface area (Å²) in [4.78, 5) is 0. The van der Waals surface area contributed by atoms with Gasteiger partial charge >= 0.3 is 0 Å². The van der Waals surface area contributed by atoms with E-state index in [1.165, 1.54) is 0 Å². The van der Waals surface area contributed by atoms with Crippen LogP contribution in [0.1, 0.15) is 8.22 Å². The van der Waals surface area contributed by atoms with Crippen LogP contribution < -0.4 is 5.32 Å². The molecule has 2 nitrogen and oxygen atoms in total. The average molecular weight is 93.2 g/mol. The van der Waals surface area contributed by atoms with Gasteiger partial charge in [-0.15, -0.1) is 0 Å². The lowest BCUT2D eigenvalue weighted by Gasteiger charge is -2.10. The van der Waals surface area contributed by atoms with Crippen LogP contribution in [-0.2, 0) is 4.74 Å². The van der Waals surface area contributed by atoms with Gasteiger partial charge in [0.25, 0.3) is 0 Å². The molecular weight excluding hydrogens is 78.0 g/mol. The van der Waals surface area contributed by atoms with Crippen molar-refractivity contribution in [3.8, 4) is 0 Å². The van der Waals surface area contributed by atoms with Crippen molar-refractivity contribution < 1.29 is 13.0 Å². The quantitative estimate of drug-likeness (QED) is 0.440. The zero-order chi connectivity index (χ0) is 9.62. The van der Waals surface area contributed by atoms with Crippen molar-refractivity contribution in [3.05, 3.63) is 0 Å². The van der Waals surface area contributed by atoms with Gasteiger partial charge in [-0.2, -0.15) is 0 Å². The predicted octanol–water partition coefficient (Wildman–Crippen LogP) is -0.394. The molecule has 1 saturated heterocycles. The van der Waals surface area contributed by atoms with Gasteiger partial charge in [0, 0.05) is 18.5 Å². The molecule has 0 bridgehead atoms. The van der Waals surface area contributed by atoms with Crippen molar-refractivity contribution in [3.63, 3.8) is 0 Å². The highest BCUT2D eigenvalue weighted by atomic mass is 16.5. The van der Waals surface area contributed by atoms with Crippen LogP contribution in [0.25, 0.3) is 0 Å². The van der Waals surface area contributed by atoms with Gasteiger partial charge in [0.1, 0.15) is 0 Å². The summed E-state index contributed by atoms with van der Waals surface area (Å²) in [6.07, 6.45) is 0. The van der Waals surface area contributed by atoms with Crippen LogP contribution in [0.15, 0.2) is 0 Å². The lowest BCUT2D eigenvalue weighted by molar-refractivity contribution is 0.109. The fourth-order valence-electron chi connectivity index (χ4n) is 0.214. The van der Waals surface area contributed by atoms with Crippen molar-refractivity contribution in [2.45, 2.75) is 0 Å². The van der Waals surface area contributed by atoms with Crippen LogP contribution in [0.5, 0.6) is 0 Å². The highest BCUT2D eigenvalue weighted by Gasteiger charge is 1.92. The SMILES string of the molecule is [2H]C1([2H])COC([2H])([2H])C([2H])([2H])N1.